The van der Waals surface area contributed by atoms with Gasteiger partial charge in [0.25, 0.3) is 0 Å². The number of nitrogens with zero attached hydrogens (tertiary/aromatic N) is 2. The van der Waals surface area contributed by atoms with Crippen molar-refractivity contribution in [1.29, 1.82) is 0 Å². The van der Waals surface area contributed by atoms with E-state index in [0.717, 1.165) is 12.1 Å². The Morgan fingerprint density at radius 2 is 2.05 bits per heavy atom. The molecule has 0 bridgehead atoms. The van der Waals surface area contributed by atoms with Crippen LogP contribution in [0.25, 0.3) is 11.0 Å². The van der Waals surface area contributed by atoms with Gasteiger partial charge in [0, 0.05) is 18.7 Å². The Morgan fingerprint density at radius 1 is 1.40 bits per heavy atom. The number of rotatable bonds is 4. The first-order valence-electron chi connectivity index (χ1n) is 6.26. The van der Waals surface area contributed by atoms with Crippen molar-refractivity contribution in [2.45, 2.75) is 20.4 Å². The van der Waals surface area contributed by atoms with E-state index >= 15 is 0 Å². The summed E-state index contributed by atoms with van der Waals surface area (Å²) < 4.78 is 27.7. The fourth-order valence-corrected chi connectivity index (χ4v) is 1.82. The summed E-state index contributed by atoms with van der Waals surface area (Å²) in [5.41, 5.74) is 6.20. The second kappa shape index (κ2) is 5.44. The standard InChI is InChI=1S/C13H16F2N4O/c1-7(2)5-17-12(20)6-19-11-4-9(15)8(14)3-10(11)18-13(19)16/h3-4,7H,5-6H2,1-2H3,(H2,16,18)(H,17,20). The predicted octanol–water partition coefficient (Wildman–Crippen LogP) is 1.67. The van der Waals surface area contributed by atoms with Crippen molar-refractivity contribution in [1.82, 2.24) is 14.9 Å². The lowest BCUT2D eigenvalue weighted by Crippen LogP contribution is -2.30. The second-order valence-electron chi connectivity index (χ2n) is 5.01. The first-order valence-corrected chi connectivity index (χ1v) is 6.26. The first-order chi connectivity index (χ1) is 9.38. The molecule has 0 saturated heterocycles. The Hall–Kier alpha value is -2.18. The van der Waals surface area contributed by atoms with Crippen molar-refractivity contribution < 1.29 is 13.6 Å². The highest BCUT2D eigenvalue weighted by Gasteiger charge is 2.14. The Bertz CT molecular complexity index is 651. The molecule has 1 heterocycles. The van der Waals surface area contributed by atoms with Gasteiger partial charge in [-0.25, -0.2) is 13.8 Å². The number of amides is 1. The van der Waals surface area contributed by atoms with Gasteiger partial charge in [0.1, 0.15) is 6.54 Å². The van der Waals surface area contributed by atoms with Crippen molar-refractivity contribution >= 4 is 22.9 Å². The number of imidazole rings is 1. The van der Waals surface area contributed by atoms with Gasteiger partial charge in [-0.1, -0.05) is 13.8 Å². The second-order valence-corrected chi connectivity index (χ2v) is 5.01. The Kier molecular flexibility index (Phi) is 3.87. The molecule has 0 fully saturated rings. The topological polar surface area (TPSA) is 72.9 Å². The molecule has 0 atom stereocenters. The molecule has 7 heteroatoms. The number of nitrogen functional groups attached to an aromatic ring is 1. The normalized spacial score (nSPS) is 11.2. The van der Waals surface area contributed by atoms with Crippen molar-refractivity contribution in [3.05, 3.63) is 23.8 Å². The largest absolute Gasteiger partial charge is 0.369 e. The molecule has 0 aliphatic carbocycles. The molecule has 2 rings (SSSR count). The van der Waals surface area contributed by atoms with Gasteiger partial charge in [0.05, 0.1) is 11.0 Å². The third kappa shape index (κ3) is 2.87. The molecule has 3 N–H and O–H groups in total. The summed E-state index contributed by atoms with van der Waals surface area (Å²) >= 11 is 0. The highest BCUT2D eigenvalue weighted by molar-refractivity contribution is 5.82. The molecule has 2 aromatic rings. The van der Waals surface area contributed by atoms with Crippen LogP contribution in [0, 0.1) is 17.6 Å². The fraction of sp³-hybridized carbons (Fsp3) is 0.385. The van der Waals surface area contributed by atoms with Crippen LogP contribution in [0.1, 0.15) is 13.8 Å². The number of halogens is 2. The van der Waals surface area contributed by atoms with E-state index in [4.69, 9.17) is 5.73 Å². The van der Waals surface area contributed by atoms with E-state index < -0.39 is 11.6 Å². The van der Waals surface area contributed by atoms with E-state index in [-0.39, 0.29) is 23.9 Å². The number of anilines is 1. The maximum absolute atomic E-state index is 13.3. The molecule has 0 saturated carbocycles. The molecule has 0 aliphatic heterocycles. The number of aromatic nitrogens is 2. The zero-order chi connectivity index (χ0) is 14.9. The highest BCUT2D eigenvalue weighted by Crippen LogP contribution is 2.21. The van der Waals surface area contributed by atoms with Crippen molar-refractivity contribution in [2.75, 3.05) is 12.3 Å². The Labute approximate surface area is 114 Å². The lowest BCUT2D eigenvalue weighted by molar-refractivity contribution is -0.121. The van der Waals surface area contributed by atoms with Gasteiger partial charge in [-0.15, -0.1) is 0 Å². The molecule has 1 aromatic heterocycles. The number of carbonyl (C=O) groups is 1. The molecule has 5 nitrogen and oxygen atoms in total. The summed E-state index contributed by atoms with van der Waals surface area (Å²) in [6.45, 7) is 4.40. The number of hydrogen-bond donors (Lipinski definition) is 2. The van der Waals surface area contributed by atoms with Gasteiger partial charge in [-0.2, -0.15) is 0 Å². The first kappa shape index (κ1) is 14.2. The van der Waals surface area contributed by atoms with Gasteiger partial charge in [0.15, 0.2) is 11.6 Å². The maximum Gasteiger partial charge on any atom is 0.240 e. The van der Waals surface area contributed by atoms with Crippen LogP contribution in [0.3, 0.4) is 0 Å². The van der Waals surface area contributed by atoms with Crippen LogP contribution in [0.15, 0.2) is 12.1 Å². The molecule has 0 spiro atoms. The average molecular weight is 282 g/mol. The summed E-state index contributed by atoms with van der Waals surface area (Å²) in [7, 11) is 0. The lowest BCUT2D eigenvalue weighted by Gasteiger charge is -2.09. The number of nitrogens with two attached hydrogens (primary N) is 1. The van der Waals surface area contributed by atoms with Crippen LogP contribution in [-0.2, 0) is 11.3 Å². The summed E-state index contributed by atoms with van der Waals surface area (Å²) in [5.74, 6) is -1.88. The molecule has 108 valence electrons. The van der Waals surface area contributed by atoms with E-state index in [2.05, 4.69) is 10.3 Å². The number of nitrogens with one attached hydrogen (secondary N) is 1. The smallest absolute Gasteiger partial charge is 0.240 e. The summed E-state index contributed by atoms with van der Waals surface area (Å²) in [6.07, 6.45) is 0. The molecule has 0 radical (unpaired) electrons. The summed E-state index contributed by atoms with van der Waals surface area (Å²) in [4.78, 5) is 15.7. The van der Waals surface area contributed by atoms with Gasteiger partial charge in [0.2, 0.25) is 11.9 Å². The molecular formula is C13H16F2N4O. The third-order valence-corrected chi connectivity index (χ3v) is 2.83. The predicted molar refractivity (Wildman–Crippen MR) is 71.9 cm³/mol. The monoisotopic (exact) mass is 282 g/mol. The van der Waals surface area contributed by atoms with Crippen LogP contribution in [-0.4, -0.2) is 22.0 Å². The molecule has 1 aromatic carbocycles. The van der Waals surface area contributed by atoms with Crippen LogP contribution >= 0.6 is 0 Å². The van der Waals surface area contributed by atoms with Gasteiger partial charge in [-0.05, 0) is 5.92 Å². The number of carbonyl (C=O) groups excluding carboxylic acids is 1. The zero-order valence-electron chi connectivity index (χ0n) is 11.3. The van der Waals surface area contributed by atoms with Gasteiger partial charge in [-0.3, -0.25) is 4.79 Å². The van der Waals surface area contributed by atoms with Crippen molar-refractivity contribution in [3.63, 3.8) is 0 Å². The van der Waals surface area contributed by atoms with E-state index in [1.165, 1.54) is 4.57 Å². The number of fused-ring (bicyclic) bond motifs is 1. The van der Waals surface area contributed by atoms with E-state index in [1.54, 1.807) is 0 Å². The fourth-order valence-electron chi connectivity index (χ4n) is 1.82. The molecular weight excluding hydrogens is 266 g/mol. The molecule has 20 heavy (non-hydrogen) atoms. The average Bonchev–Trinajstić information content (AvgIpc) is 2.64. The Morgan fingerprint density at radius 3 is 2.70 bits per heavy atom. The lowest BCUT2D eigenvalue weighted by atomic mass is 10.2. The molecule has 0 unspecified atom stereocenters. The Balaban J connectivity index is 2.27. The van der Waals surface area contributed by atoms with Crippen LogP contribution in [0.5, 0.6) is 0 Å². The zero-order valence-corrected chi connectivity index (χ0v) is 11.3. The SMILES string of the molecule is CC(C)CNC(=O)Cn1c(N)nc2cc(F)c(F)cc21. The maximum atomic E-state index is 13.3. The minimum Gasteiger partial charge on any atom is -0.369 e. The minimum absolute atomic E-state index is 0.0460. The van der Waals surface area contributed by atoms with Crippen LogP contribution in [0.4, 0.5) is 14.7 Å². The minimum atomic E-state index is -0.999. The molecule has 0 aliphatic rings. The van der Waals surface area contributed by atoms with E-state index in [9.17, 15) is 13.6 Å². The third-order valence-electron chi connectivity index (χ3n) is 2.83. The molecule has 1 amide bonds. The van der Waals surface area contributed by atoms with E-state index in [0.29, 0.717) is 18.0 Å². The number of benzene rings is 1. The van der Waals surface area contributed by atoms with Crippen LogP contribution < -0.4 is 11.1 Å². The van der Waals surface area contributed by atoms with E-state index in [1.807, 2.05) is 13.8 Å². The van der Waals surface area contributed by atoms with Crippen molar-refractivity contribution in [3.8, 4) is 0 Å². The van der Waals surface area contributed by atoms with Gasteiger partial charge >= 0.3 is 0 Å². The summed E-state index contributed by atoms with van der Waals surface area (Å²) in [5, 5.41) is 2.73. The van der Waals surface area contributed by atoms with Gasteiger partial charge < -0.3 is 15.6 Å². The number of hydrogen-bond acceptors (Lipinski definition) is 3. The van der Waals surface area contributed by atoms with Crippen molar-refractivity contribution in [2.24, 2.45) is 5.92 Å². The quantitative estimate of drug-likeness (QED) is 0.896. The highest BCUT2D eigenvalue weighted by atomic mass is 19.2. The van der Waals surface area contributed by atoms with Crippen LogP contribution in [0.2, 0.25) is 0 Å². The summed E-state index contributed by atoms with van der Waals surface area (Å²) in [6, 6.07) is 1.95.